The van der Waals surface area contributed by atoms with Gasteiger partial charge in [-0.1, -0.05) is 23.7 Å². The van der Waals surface area contributed by atoms with Crippen LogP contribution in [0.4, 0.5) is 5.82 Å². The molecular weight excluding hydrogens is 352 g/mol. The highest BCUT2D eigenvalue weighted by Crippen LogP contribution is 2.43. The van der Waals surface area contributed by atoms with E-state index in [1.54, 1.807) is 11.3 Å². The van der Waals surface area contributed by atoms with E-state index in [0.29, 0.717) is 5.65 Å². The molecule has 0 atom stereocenters. The SMILES string of the molecule is Cc1ccc2c(Cl)c(-c3[nH]nc4nc(NC(C)(C)C)ccc34)sc2c1. The Morgan fingerprint density at radius 2 is 1.88 bits per heavy atom. The molecular formula is C19H19ClN4S. The summed E-state index contributed by atoms with van der Waals surface area (Å²) in [7, 11) is 0. The second-order valence-corrected chi connectivity index (χ2v) is 8.72. The van der Waals surface area contributed by atoms with Crippen LogP contribution in [0.1, 0.15) is 26.3 Å². The lowest BCUT2D eigenvalue weighted by Gasteiger charge is -2.20. The normalized spacial score (nSPS) is 12.2. The van der Waals surface area contributed by atoms with Crippen molar-refractivity contribution in [1.29, 1.82) is 0 Å². The predicted octanol–water partition coefficient (Wildman–Crippen LogP) is 6.01. The van der Waals surface area contributed by atoms with Crippen LogP contribution in [0.25, 0.3) is 31.7 Å². The van der Waals surface area contributed by atoms with Gasteiger partial charge in [-0.2, -0.15) is 5.10 Å². The number of hydrogen-bond acceptors (Lipinski definition) is 4. The first-order valence-corrected chi connectivity index (χ1v) is 9.33. The molecule has 128 valence electrons. The van der Waals surface area contributed by atoms with Gasteiger partial charge in [0.25, 0.3) is 0 Å². The molecule has 4 rings (SSSR count). The van der Waals surface area contributed by atoms with Crippen molar-refractivity contribution in [3.05, 3.63) is 40.9 Å². The van der Waals surface area contributed by atoms with E-state index in [1.807, 2.05) is 12.1 Å². The van der Waals surface area contributed by atoms with E-state index in [-0.39, 0.29) is 5.54 Å². The van der Waals surface area contributed by atoms with Crippen molar-refractivity contribution < 1.29 is 0 Å². The quantitative estimate of drug-likeness (QED) is 0.454. The number of rotatable bonds is 2. The summed E-state index contributed by atoms with van der Waals surface area (Å²) in [5.41, 5.74) is 2.79. The summed E-state index contributed by atoms with van der Waals surface area (Å²) < 4.78 is 1.18. The lowest BCUT2D eigenvalue weighted by atomic mass is 10.1. The van der Waals surface area contributed by atoms with Gasteiger partial charge < -0.3 is 5.32 Å². The van der Waals surface area contributed by atoms with Gasteiger partial charge >= 0.3 is 0 Å². The van der Waals surface area contributed by atoms with Gasteiger partial charge in [0.05, 0.1) is 15.6 Å². The first-order chi connectivity index (χ1) is 11.8. The molecule has 0 saturated carbocycles. The van der Waals surface area contributed by atoms with Gasteiger partial charge in [-0.05, 0) is 51.5 Å². The number of nitrogens with zero attached hydrogens (tertiary/aromatic N) is 2. The zero-order valence-corrected chi connectivity index (χ0v) is 16.1. The van der Waals surface area contributed by atoms with Crippen molar-refractivity contribution in [2.45, 2.75) is 33.2 Å². The molecule has 1 aromatic carbocycles. The van der Waals surface area contributed by atoms with Crippen molar-refractivity contribution in [3.8, 4) is 10.6 Å². The third kappa shape index (κ3) is 2.98. The molecule has 0 aliphatic heterocycles. The largest absolute Gasteiger partial charge is 0.365 e. The number of H-pyrrole nitrogens is 1. The van der Waals surface area contributed by atoms with Gasteiger partial charge in [0, 0.05) is 21.0 Å². The molecule has 0 bridgehead atoms. The molecule has 0 radical (unpaired) electrons. The molecule has 0 spiro atoms. The van der Waals surface area contributed by atoms with Gasteiger partial charge in [-0.15, -0.1) is 11.3 Å². The Labute approximate surface area is 155 Å². The average Bonchev–Trinajstić information content (AvgIpc) is 3.06. The molecule has 0 saturated heterocycles. The van der Waals surface area contributed by atoms with Crippen LogP contribution in [0.3, 0.4) is 0 Å². The monoisotopic (exact) mass is 370 g/mol. The van der Waals surface area contributed by atoms with Crippen LogP contribution in [0.15, 0.2) is 30.3 Å². The maximum atomic E-state index is 6.65. The smallest absolute Gasteiger partial charge is 0.183 e. The number of benzene rings is 1. The summed E-state index contributed by atoms with van der Waals surface area (Å²) in [5.74, 6) is 0.816. The van der Waals surface area contributed by atoms with E-state index < -0.39 is 0 Å². The molecule has 0 unspecified atom stereocenters. The number of aryl methyl sites for hydroxylation is 1. The van der Waals surface area contributed by atoms with Crippen molar-refractivity contribution in [2.24, 2.45) is 0 Å². The summed E-state index contributed by atoms with van der Waals surface area (Å²) >= 11 is 8.33. The van der Waals surface area contributed by atoms with Crippen LogP contribution < -0.4 is 5.32 Å². The molecule has 25 heavy (non-hydrogen) atoms. The maximum Gasteiger partial charge on any atom is 0.183 e. The maximum absolute atomic E-state index is 6.65. The highest BCUT2D eigenvalue weighted by Gasteiger charge is 2.18. The van der Waals surface area contributed by atoms with E-state index in [9.17, 15) is 0 Å². The number of halogens is 1. The summed E-state index contributed by atoms with van der Waals surface area (Å²) in [6.07, 6.45) is 0. The Bertz CT molecular complexity index is 1090. The Hall–Kier alpha value is -2.11. The van der Waals surface area contributed by atoms with Crippen LogP contribution >= 0.6 is 22.9 Å². The average molecular weight is 371 g/mol. The molecule has 3 heterocycles. The van der Waals surface area contributed by atoms with Gasteiger partial charge in [0.2, 0.25) is 0 Å². The van der Waals surface area contributed by atoms with Crippen molar-refractivity contribution in [3.63, 3.8) is 0 Å². The first-order valence-electron chi connectivity index (χ1n) is 8.14. The number of anilines is 1. The predicted molar refractivity (Wildman–Crippen MR) is 108 cm³/mol. The number of hydrogen-bond donors (Lipinski definition) is 2. The third-order valence-electron chi connectivity index (χ3n) is 3.93. The molecule has 0 aliphatic rings. The number of aromatic nitrogens is 3. The molecule has 0 aliphatic carbocycles. The number of nitrogens with one attached hydrogen (secondary N) is 2. The molecule has 4 nitrogen and oxygen atoms in total. The van der Waals surface area contributed by atoms with E-state index >= 15 is 0 Å². The van der Waals surface area contributed by atoms with Crippen LogP contribution in [0.5, 0.6) is 0 Å². The van der Waals surface area contributed by atoms with Gasteiger partial charge in [0.15, 0.2) is 5.65 Å². The summed E-state index contributed by atoms with van der Waals surface area (Å²) in [6.45, 7) is 8.40. The van der Waals surface area contributed by atoms with Gasteiger partial charge in [-0.3, -0.25) is 5.10 Å². The fourth-order valence-electron chi connectivity index (χ4n) is 2.86. The van der Waals surface area contributed by atoms with Crippen LogP contribution in [0.2, 0.25) is 5.02 Å². The minimum Gasteiger partial charge on any atom is -0.365 e. The zero-order valence-electron chi connectivity index (χ0n) is 14.6. The van der Waals surface area contributed by atoms with Crippen molar-refractivity contribution in [2.75, 3.05) is 5.32 Å². The summed E-state index contributed by atoms with van der Waals surface area (Å²) in [6, 6.07) is 10.4. The molecule has 0 amide bonds. The molecule has 0 fully saturated rings. The third-order valence-corrected chi connectivity index (χ3v) is 5.61. The Morgan fingerprint density at radius 3 is 2.64 bits per heavy atom. The summed E-state index contributed by atoms with van der Waals surface area (Å²) in [4.78, 5) is 5.62. The highest BCUT2D eigenvalue weighted by molar-refractivity contribution is 7.23. The summed E-state index contributed by atoms with van der Waals surface area (Å²) in [5, 5.41) is 13.7. The van der Waals surface area contributed by atoms with Gasteiger partial charge in [-0.25, -0.2) is 4.98 Å². The molecule has 3 aromatic heterocycles. The zero-order chi connectivity index (χ0) is 17.8. The van der Waals surface area contributed by atoms with Gasteiger partial charge in [0.1, 0.15) is 5.82 Å². The molecule has 6 heteroatoms. The fraction of sp³-hybridized carbons (Fsp3) is 0.263. The standard InChI is InChI=1S/C19H19ClN4S/c1-10-5-6-11-13(9-10)25-17(15(11)20)16-12-7-8-14(22-19(2,3)4)21-18(12)24-23-16/h5-9H,1-4H3,(H2,21,22,23,24). The lowest BCUT2D eigenvalue weighted by Crippen LogP contribution is -2.26. The van der Waals surface area contributed by atoms with Crippen molar-refractivity contribution >= 4 is 49.9 Å². The van der Waals surface area contributed by atoms with Crippen molar-refractivity contribution in [1.82, 2.24) is 15.2 Å². The molecule has 4 aromatic rings. The Morgan fingerprint density at radius 1 is 1.12 bits per heavy atom. The number of fused-ring (bicyclic) bond motifs is 2. The van der Waals surface area contributed by atoms with Crippen LogP contribution in [-0.4, -0.2) is 20.7 Å². The van der Waals surface area contributed by atoms with E-state index in [2.05, 4.69) is 66.4 Å². The van der Waals surface area contributed by atoms with E-state index in [4.69, 9.17) is 11.6 Å². The Kier molecular flexibility index (Phi) is 3.74. The van der Waals surface area contributed by atoms with E-state index in [1.165, 1.54) is 10.3 Å². The van der Waals surface area contributed by atoms with Crippen LogP contribution in [-0.2, 0) is 0 Å². The van der Waals surface area contributed by atoms with E-state index in [0.717, 1.165) is 32.2 Å². The lowest BCUT2D eigenvalue weighted by molar-refractivity contribution is 0.631. The number of pyridine rings is 1. The highest BCUT2D eigenvalue weighted by atomic mass is 35.5. The minimum absolute atomic E-state index is 0.0491. The molecule has 2 N–H and O–H groups in total. The topological polar surface area (TPSA) is 53.6 Å². The number of thiophene rings is 1. The fourth-order valence-corrected chi connectivity index (χ4v) is 4.49. The Balaban J connectivity index is 1.83. The second kappa shape index (κ2) is 5.71. The second-order valence-electron chi connectivity index (χ2n) is 7.29. The minimum atomic E-state index is -0.0491. The number of aromatic amines is 1. The van der Waals surface area contributed by atoms with Crippen LogP contribution in [0, 0.1) is 6.92 Å². The first kappa shape index (κ1) is 16.4.